The molecule has 0 atom stereocenters. The van der Waals surface area contributed by atoms with E-state index in [2.05, 4.69) is 0 Å². The van der Waals surface area contributed by atoms with Crippen LogP contribution in [-0.4, -0.2) is 88.5 Å². The minimum Gasteiger partial charge on any atom is -0.414 e. The summed E-state index contributed by atoms with van der Waals surface area (Å²) < 4.78 is 51.1. The van der Waals surface area contributed by atoms with Crippen LogP contribution in [0.15, 0.2) is 0 Å². The third-order valence-electron chi connectivity index (χ3n) is 2.59. The van der Waals surface area contributed by atoms with E-state index in [9.17, 15) is 0 Å². The molecule has 0 heterocycles. The first-order chi connectivity index (χ1) is 12.6. The Bertz CT molecular complexity index is 344. The molecule has 0 unspecified atom stereocenters. The first-order valence-electron chi connectivity index (χ1n) is 8.08. The van der Waals surface area contributed by atoms with Gasteiger partial charge in [0.2, 0.25) is 0 Å². The van der Waals surface area contributed by atoms with Crippen LogP contribution in [0.3, 0.4) is 0 Å². The monoisotopic (exact) mass is 518 g/mol. The quantitative estimate of drug-likeness (QED) is 0.281. The third kappa shape index (κ3) is 15.8. The van der Waals surface area contributed by atoms with Crippen molar-refractivity contribution in [2.24, 2.45) is 0 Å². The van der Waals surface area contributed by atoms with Gasteiger partial charge < -0.3 is 37.7 Å². The van der Waals surface area contributed by atoms with Gasteiger partial charge in [-0.15, -0.1) is 0 Å². The van der Waals surface area contributed by atoms with Gasteiger partial charge in [0.1, 0.15) is 0 Å². The van der Waals surface area contributed by atoms with Crippen LogP contribution in [0.2, 0.25) is 52.4 Å². The van der Waals surface area contributed by atoms with E-state index in [0.717, 1.165) is 0 Å². The normalized spacial score (nSPS) is 13.1. The van der Waals surface area contributed by atoms with Crippen molar-refractivity contribution in [2.45, 2.75) is 52.4 Å². The lowest BCUT2D eigenvalue weighted by molar-refractivity contribution is 0.294. The predicted molar refractivity (Wildman–Crippen MR) is 115 cm³/mol. The van der Waals surface area contributed by atoms with Crippen molar-refractivity contribution < 1.29 is 37.7 Å². The van der Waals surface area contributed by atoms with E-state index >= 15 is 0 Å². The fourth-order valence-electron chi connectivity index (χ4n) is 1.63. The Morgan fingerprint density at radius 3 is 0.593 bits per heavy atom. The van der Waals surface area contributed by atoms with Crippen molar-refractivity contribution in [1.82, 2.24) is 0 Å². The Hall–Kier alpha value is 1.38. The molecular weight excluding hydrogens is 489 g/mol. The van der Waals surface area contributed by atoms with Gasteiger partial charge in [-0.2, -0.15) is 0 Å². The first-order valence-corrected chi connectivity index (χ1v) is 22.6. The van der Waals surface area contributed by atoms with Crippen molar-refractivity contribution >= 4 is 74.3 Å². The molecule has 0 aliphatic heterocycles. The molecule has 27 heavy (non-hydrogen) atoms. The van der Waals surface area contributed by atoms with Gasteiger partial charge in [-0.25, -0.2) is 0 Å². The van der Waals surface area contributed by atoms with E-state index < -0.39 is 74.3 Å². The summed E-state index contributed by atoms with van der Waals surface area (Å²) in [5, 5.41) is 0. The maximum atomic E-state index is 5.91. The van der Waals surface area contributed by atoms with Gasteiger partial charge in [0, 0.05) is 14.2 Å². The maximum Gasteiger partial charge on any atom is 0.371 e. The Morgan fingerprint density at radius 1 is 0.296 bits per heavy atom. The summed E-state index contributed by atoms with van der Waals surface area (Å²) in [5.41, 5.74) is 0. The van der Waals surface area contributed by atoms with E-state index in [1.807, 2.05) is 52.4 Å². The zero-order chi connectivity index (χ0) is 21.0. The van der Waals surface area contributed by atoms with Gasteiger partial charge in [0.05, 0.1) is 0 Å². The van der Waals surface area contributed by atoms with Crippen LogP contribution in [0, 0.1) is 0 Å². The van der Waals surface area contributed by atoms with E-state index in [-0.39, 0.29) is 0 Å². The van der Waals surface area contributed by atoms with E-state index in [4.69, 9.17) is 37.7 Å². The van der Waals surface area contributed by atoms with Crippen LogP contribution in [0.1, 0.15) is 0 Å². The zero-order valence-electron chi connectivity index (χ0n) is 17.7. The molecule has 0 aromatic heterocycles. The molecule has 17 heteroatoms. The Morgan fingerprint density at radius 2 is 0.444 bits per heavy atom. The van der Waals surface area contributed by atoms with Gasteiger partial charge in [-0.3, -0.25) is 0 Å². The highest BCUT2D eigenvalue weighted by Gasteiger charge is 2.28. The molecule has 0 aliphatic rings. The molecule has 0 saturated carbocycles. The summed E-state index contributed by atoms with van der Waals surface area (Å²) in [6.45, 7) is 15.5. The first kappa shape index (κ1) is 28.4. The summed E-state index contributed by atoms with van der Waals surface area (Å²) in [5.74, 6) is 0. The molecule has 0 spiro atoms. The Balaban J connectivity index is 4.09. The summed E-state index contributed by atoms with van der Waals surface area (Å²) in [4.78, 5) is 0. The van der Waals surface area contributed by atoms with Crippen LogP contribution in [0.25, 0.3) is 0 Å². The highest BCUT2D eigenvalue weighted by molar-refractivity contribution is 6.71. The third-order valence-corrected chi connectivity index (χ3v) is 19.8. The lowest BCUT2D eigenvalue weighted by Gasteiger charge is -2.23. The van der Waals surface area contributed by atoms with Gasteiger partial charge in [-0.05, 0) is 52.4 Å². The molecule has 8 radical (unpaired) electrons. The SMILES string of the molecule is CO[Si](C)O[Si](C)O[Si](C)O[Si](C)O[Si](C)O[Si](C)O[Si](C)O[Si](C)OC. The van der Waals surface area contributed by atoms with Crippen LogP contribution in [-0.2, 0) is 37.7 Å². The maximum absolute atomic E-state index is 5.91. The Labute approximate surface area is 178 Å². The molecular formula is C10H30O9Si8. The van der Waals surface area contributed by atoms with Crippen molar-refractivity contribution in [2.75, 3.05) is 14.2 Å². The van der Waals surface area contributed by atoms with Crippen LogP contribution >= 0.6 is 0 Å². The molecule has 0 N–H and O–H groups in total. The van der Waals surface area contributed by atoms with Crippen molar-refractivity contribution in [3.8, 4) is 0 Å². The summed E-state index contributed by atoms with van der Waals surface area (Å²) in [6.07, 6.45) is 0. The lowest BCUT2D eigenvalue weighted by atomic mass is 11.8. The standard InChI is InChI=1S/C10H30O9Si8/c1-11-20(3)13-22(5)15-24(7)17-26(9)19-27(10)18-25(8)16-23(6)14-21(4)12-2/h1-10H3. The van der Waals surface area contributed by atoms with Gasteiger partial charge in [-0.1, -0.05) is 0 Å². The highest BCUT2D eigenvalue weighted by atomic mass is 28.5. The van der Waals surface area contributed by atoms with Crippen LogP contribution in [0.5, 0.6) is 0 Å². The smallest absolute Gasteiger partial charge is 0.371 e. The molecule has 9 nitrogen and oxygen atoms in total. The summed E-state index contributed by atoms with van der Waals surface area (Å²) in [7, 11) is -7.72. The number of hydrogen-bond acceptors (Lipinski definition) is 9. The summed E-state index contributed by atoms with van der Waals surface area (Å²) in [6, 6.07) is 0. The van der Waals surface area contributed by atoms with E-state index in [0.29, 0.717) is 0 Å². The molecule has 156 valence electrons. The van der Waals surface area contributed by atoms with E-state index in [1.165, 1.54) is 0 Å². The molecule has 0 aliphatic carbocycles. The molecule has 0 aromatic rings. The van der Waals surface area contributed by atoms with E-state index in [1.54, 1.807) is 14.2 Å². The lowest BCUT2D eigenvalue weighted by Crippen LogP contribution is -2.42. The summed E-state index contributed by atoms with van der Waals surface area (Å²) >= 11 is 0. The minimum absolute atomic E-state index is 1.23. The average molecular weight is 519 g/mol. The fraction of sp³-hybridized carbons (Fsp3) is 1.00. The topological polar surface area (TPSA) is 83.1 Å². The molecule has 0 rings (SSSR count). The second-order valence-electron chi connectivity index (χ2n) is 5.06. The Kier molecular flexibility index (Phi) is 16.9. The van der Waals surface area contributed by atoms with Crippen LogP contribution < -0.4 is 0 Å². The van der Waals surface area contributed by atoms with Crippen molar-refractivity contribution in [3.05, 3.63) is 0 Å². The highest BCUT2D eigenvalue weighted by Crippen LogP contribution is 2.05. The largest absolute Gasteiger partial charge is 0.414 e. The van der Waals surface area contributed by atoms with Gasteiger partial charge >= 0.3 is 74.3 Å². The number of hydrogen-bond donors (Lipinski definition) is 0. The van der Waals surface area contributed by atoms with Gasteiger partial charge in [0.25, 0.3) is 0 Å². The average Bonchev–Trinajstić information content (AvgIpc) is 2.52. The zero-order valence-corrected chi connectivity index (χ0v) is 25.7. The predicted octanol–water partition coefficient (Wildman–Crippen LogP) is 1.34. The fourth-order valence-corrected chi connectivity index (χ4v) is 16.9. The van der Waals surface area contributed by atoms with Crippen LogP contribution in [0.4, 0.5) is 0 Å². The molecule has 0 fully saturated rings. The van der Waals surface area contributed by atoms with Gasteiger partial charge in [0.15, 0.2) is 0 Å². The minimum atomic E-state index is -1.46. The second-order valence-corrected chi connectivity index (χ2v) is 19.5. The molecule has 0 bridgehead atoms. The van der Waals surface area contributed by atoms with Crippen molar-refractivity contribution in [1.29, 1.82) is 0 Å². The molecule has 0 amide bonds. The second kappa shape index (κ2) is 16.1. The van der Waals surface area contributed by atoms with Crippen molar-refractivity contribution in [3.63, 3.8) is 0 Å². The molecule has 0 aromatic carbocycles. The number of rotatable bonds is 16. The molecule has 0 saturated heterocycles.